The number of pyridine rings is 1. The molecular formula is C19H33N5. The Morgan fingerprint density at radius 2 is 2.25 bits per heavy atom. The first kappa shape index (κ1) is 18.7. The van der Waals surface area contributed by atoms with Gasteiger partial charge >= 0.3 is 0 Å². The average molecular weight is 332 g/mol. The van der Waals surface area contributed by atoms with Crippen molar-refractivity contribution in [2.45, 2.75) is 46.1 Å². The fourth-order valence-electron chi connectivity index (χ4n) is 3.13. The molecule has 0 radical (unpaired) electrons. The van der Waals surface area contributed by atoms with E-state index in [2.05, 4.69) is 47.4 Å². The van der Waals surface area contributed by atoms with Crippen LogP contribution in [0.5, 0.6) is 0 Å². The van der Waals surface area contributed by atoms with E-state index < -0.39 is 0 Å². The zero-order valence-electron chi connectivity index (χ0n) is 15.5. The molecule has 1 unspecified atom stereocenters. The predicted octanol–water partition coefficient (Wildman–Crippen LogP) is 2.30. The third kappa shape index (κ3) is 6.48. The van der Waals surface area contributed by atoms with Gasteiger partial charge in [-0.15, -0.1) is 0 Å². The fourth-order valence-corrected chi connectivity index (χ4v) is 3.13. The van der Waals surface area contributed by atoms with E-state index in [9.17, 15) is 0 Å². The summed E-state index contributed by atoms with van der Waals surface area (Å²) in [6.07, 6.45) is 5.34. The van der Waals surface area contributed by atoms with Gasteiger partial charge in [0.05, 0.1) is 0 Å². The summed E-state index contributed by atoms with van der Waals surface area (Å²) < 4.78 is 0. The Morgan fingerprint density at radius 3 is 2.96 bits per heavy atom. The van der Waals surface area contributed by atoms with E-state index in [0.29, 0.717) is 12.0 Å². The second-order valence-electron chi connectivity index (χ2n) is 6.81. The molecule has 1 atom stereocenters. The van der Waals surface area contributed by atoms with Crippen LogP contribution in [0.4, 0.5) is 0 Å². The Kier molecular flexibility index (Phi) is 8.02. The molecule has 1 aromatic heterocycles. The molecule has 1 fully saturated rings. The van der Waals surface area contributed by atoms with E-state index in [1.165, 1.54) is 25.9 Å². The van der Waals surface area contributed by atoms with Crippen LogP contribution in [0.2, 0.25) is 0 Å². The number of rotatable bonds is 7. The maximum Gasteiger partial charge on any atom is 0.191 e. The Morgan fingerprint density at radius 1 is 1.38 bits per heavy atom. The van der Waals surface area contributed by atoms with Crippen LogP contribution in [0.15, 0.2) is 29.4 Å². The third-order valence-electron chi connectivity index (χ3n) is 4.53. The molecule has 0 saturated carbocycles. The molecule has 1 aliphatic rings. The van der Waals surface area contributed by atoms with E-state index >= 15 is 0 Å². The maximum absolute atomic E-state index is 4.81. The summed E-state index contributed by atoms with van der Waals surface area (Å²) in [5.74, 6) is 1.60. The lowest BCUT2D eigenvalue weighted by Crippen LogP contribution is -2.42. The summed E-state index contributed by atoms with van der Waals surface area (Å²) in [6, 6.07) is 6.69. The largest absolute Gasteiger partial charge is 0.357 e. The normalized spacial score (nSPS) is 19.5. The van der Waals surface area contributed by atoms with Crippen molar-refractivity contribution in [1.82, 2.24) is 20.5 Å². The molecule has 2 rings (SSSR count). The first-order valence-electron chi connectivity index (χ1n) is 9.35. The highest BCUT2D eigenvalue weighted by Crippen LogP contribution is 2.18. The van der Waals surface area contributed by atoms with Crippen LogP contribution in [0.1, 0.15) is 39.3 Å². The number of guanidine groups is 1. The molecule has 134 valence electrons. The first-order chi connectivity index (χ1) is 11.7. The summed E-state index contributed by atoms with van der Waals surface area (Å²) >= 11 is 0. The molecule has 1 aromatic rings. The minimum absolute atomic E-state index is 0.640. The van der Waals surface area contributed by atoms with Crippen molar-refractivity contribution in [1.29, 1.82) is 0 Å². The Balaban J connectivity index is 1.79. The highest BCUT2D eigenvalue weighted by molar-refractivity contribution is 5.79. The van der Waals surface area contributed by atoms with Crippen LogP contribution in [0, 0.1) is 5.92 Å². The van der Waals surface area contributed by atoms with Gasteiger partial charge in [-0.1, -0.05) is 6.07 Å². The van der Waals surface area contributed by atoms with E-state index in [-0.39, 0.29) is 0 Å². The molecule has 1 saturated heterocycles. The smallest absolute Gasteiger partial charge is 0.191 e. The van der Waals surface area contributed by atoms with E-state index in [0.717, 1.165) is 37.7 Å². The lowest BCUT2D eigenvalue weighted by atomic mass is 9.97. The van der Waals surface area contributed by atoms with Crippen molar-refractivity contribution in [2.24, 2.45) is 10.9 Å². The summed E-state index contributed by atoms with van der Waals surface area (Å²) in [5.41, 5.74) is 1.11. The zero-order chi connectivity index (χ0) is 17.2. The molecule has 2 heterocycles. The number of likely N-dealkylation sites (tertiary alicyclic amines) is 1. The number of hydrogen-bond acceptors (Lipinski definition) is 3. The van der Waals surface area contributed by atoms with Crippen molar-refractivity contribution < 1.29 is 0 Å². The Hall–Kier alpha value is -1.62. The molecule has 5 heteroatoms. The summed E-state index contributed by atoms with van der Waals surface area (Å²) in [4.78, 5) is 11.7. The van der Waals surface area contributed by atoms with Gasteiger partial charge in [0, 0.05) is 50.5 Å². The summed E-state index contributed by atoms with van der Waals surface area (Å²) in [5, 5.41) is 6.78. The molecule has 0 aliphatic carbocycles. The first-order valence-corrected chi connectivity index (χ1v) is 9.35. The van der Waals surface area contributed by atoms with Gasteiger partial charge < -0.3 is 15.5 Å². The summed E-state index contributed by atoms with van der Waals surface area (Å²) in [6.45, 7) is 11.7. The molecular weight excluding hydrogens is 298 g/mol. The number of nitrogens with zero attached hydrogens (tertiary/aromatic N) is 3. The Bertz CT molecular complexity index is 486. The highest BCUT2D eigenvalue weighted by Gasteiger charge is 2.21. The topological polar surface area (TPSA) is 52.6 Å². The molecule has 0 spiro atoms. The minimum Gasteiger partial charge on any atom is -0.357 e. The molecule has 24 heavy (non-hydrogen) atoms. The standard InChI is InChI=1S/C19H33N5/c1-4-20-19(22-12-10-18-9-5-6-11-21-18)23-14-17-8-7-13-24(15-17)16(2)3/h5-6,9,11,16-17H,4,7-8,10,12-15H2,1-3H3,(H2,20,22,23). The lowest BCUT2D eigenvalue weighted by molar-refractivity contribution is 0.143. The number of hydrogen-bond donors (Lipinski definition) is 2. The molecule has 1 aliphatic heterocycles. The van der Waals surface area contributed by atoms with E-state index in [4.69, 9.17) is 4.99 Å². The molecule has 0 bridgehead atoms. The van der Waals surface area contributed by atoms with Crippen molar-refractivity contribution >= 4 is 5.96 Å². The number of aromatic nitrogens is 1. The quantitative estimate of drug-likeness (QED) is 0.595. The number of nitrogens with one attached hydrogen (secondary N) is 2. The number of aliphatic imine (C=N–C) groups is 1. The summed E-state index contributed by atoms with van der Waals surface area (Å²) in [7, 11) is 0. The van der Waals surface area contributed by atoms with E-state index in [1.54, 1.807) is 0 Å². The van der Waals surface area contributed by atoms with Crippen LogP contribution in [0.3, 0.4) is 0 Å². The van der Waals surface area contributed by atoms with Crippen LogP contribution in [-0.4, -0.2) is 54.6 Å². The minimum atomic E-state index is 0.640. The van der Waals surface area contributed by atoms with Crippen molar-refractivity contribution in [2.75, 3.05) is 32.7 Å². The molecule has 5 nitrogen and oxygen atoms in total. The van der Waals surface area contributed by atoms with Crippen LogP contribution >= 0.6 is 0 Å². The van der Waals surface area contributed by atoms with Crippen LogP contribution in [-0.2, 0) is 6.42 Å². The maximum atomic E-state index is 4.81. The Labute approximate surface area is 147 Å². The van der Waals surface area contributed by atoms with Crippen LogP contribution in [0.25, 0.3) is 0 Å². The van der Waals surface area contributed by atoms with Gasteiger partial charge in [-0.05, 0) is 58.2 Å². The van der Waals surface area contributed by atoms with Crippen LogP contribution < -0.4 is 10.6 Å². The molecule has 0 amide bonds. The second-order valence-corrected chi connectivity index (χ2v) is 6.81. The van der Waals surface area contributed by atoms with Gasteiger partial charge in [-0.3, -0.25) is 9.98 Å². The molecule has 2 N–H and O–H groups in total. The van der Waals surface area contributed by atoms with Gasteiger partial charge in [0.25, 0.3) is 0 Å². The van der Waals surface area contributed by atoms with E-state index in [1.807, 2.05) is 18.3 Å². The van der Waals surface area contributed by atoms with Gasteiger partial charge in [0.1, 0.15) is 0 Å². The zero-order valence-corrected chi connectivity index (χ0v) is 15.5. The van der Waals surface area contributed by atoms with Gasteiger partial charge in [0.2, 0.25) is 0 Å². The van der Waals surface area contributed by atoms with Gasteiger partial charge in [-0.2, -0.15) is 0 Å². The number of piperidine rings is 1. The van der Waals surface area contributed by atoms with Gasteiger partial charge in [0.15, 0.2) is 5.96 Å². The average Bonchev–Trinajstić information content (AvgIpc) is 2.61. The van der Waals surface area contributed by atoms with Crippen molar-refractivity contribution in [3.8, 4) is 0 Å². The van der Waals surface area contributed by atoms with Crippen molar-refractivity contribution in [3.63, 3.8) is 0 Å². The fraction of sp³-hybridized carbons (Fsp3) is 0.684. The third-order valence-corrected chi connectivity index (χ3v) is 4.53. The monoisotopic (exact) mass is 331 g/mol. The van der Waals surface area contributed by atoms with Crippen molar-refractivity contribution in [3.05, 3.63) is 30.1 Å². The second kappa shape index (κ2) is 10.3. The SMILES string of the molecule is CCNC(=NCC1CCCN(C(C)C)C1)NCCc1ccccn1. The molecule has 0 aromatic carbocycles. The highest BCUT2D eigenvalue weighted by atomic mass is 15.2. The lowest BCUT2D eigenvalue weighted by Gasteiger charge is -2.34. The van der Waals surface area contributed by atoms with Gasteiger partial charge in [-0.25, -0.2) is 0 Å². The predicted molar refractivity (Wildman–Crippen MR) is 101 cm³/mol.